The Kier molecular flexibility index (Phi) is 10.3. The molecule has 5 aromatic rings. The molecule has 0 saturated heterocycles. The second-order valence-electron chi connectivity index (χ2n) is 10.2. The van der Waals surface area contributed by atoms with Gasteiger partial charge in [0.2, 0.25) is 0 Å². The lowest BCUT2D eigenvalue weighted by Gasteiger charge is -2.38. The Morgan fingerprint density at radius 2 is 1.91 bits per heavy atom. The fourth-order valence-corrected chi connectivity index (χ4v) is 6.16. The van der Waals surface area contributed by atoms with Crippen LogP contribution in [0.4, 0.5) is 8.78 Å². The highest BCUT2D eigenvalue weighted by Gasteiger charge is 2.45. The van der Waals surface area contributed by atoms with Crippen molar-refractivity contribution < 1.29 is 41.9 Å². The van der Waals surface area contributed by atoms with Gasteiger partial charge in [-0.05, 0) is 29.8 Å². The first-order valence-corrected chi connectivity index (χ1v) is 16.2. The van der Waals surface area contributed by atoms with Crippen LogP contribution >= 0.6 is 19.2 Å². The van der Waals surface area contributed by atoms with Gasteiger partial charge in [0.15, 0.2) is 6.79 Å². The van der Waals surface area contributed by atoms with Crippen LogP contribution in [-0.2, 0) is 37.3 Å². The number of ether oxygens (including phenoxy) is 2. The number of phosphoric ester groups is 1. The van der Waals surface area contributed by atoms with Gasteiger partial charge in [0.05, 0.1) is 41.0 Å². The van der Waals surface area contributed by atoms with Gasteiger partial charge >= 0.3 is 13.8 Å². The molecule has 0 aliphatic carbocycles. The number of thiazole rings is 1. The van der Waals surface area contributed by atoms with Crippen LogP contribution in [0.15, 0.2) is 84.8 Å². The van der Waals surface area contributed by atoms with Crippen LogP contribution < -0.4 is 0 Å². The third-order valence-electron chi connectivity index (χ3n) is 7.28. The maximum absolute atomic E-state index is 15.7. The van der Waals surface area contributed by atoms with Crippen LogP contribution in [0.5, 0.6) is 0 Å². The van der Waals surface area contributed by atoms with E-state index in [-0.39, 0.29) is 23.2 Å². The van der Waals surface area contributed by atoms with Crippen molar-refractivity contribution in [2.45, 2.75) is 31.6 Å². The van der Waals surface area contributed by atoms with Crippen LogP contribution in [0.2, 0.25) is 0 Å². The van der Waals surface area contributed by atoms with Gasteiger partial charge in [0.25, 0.3) is 0 Å². The lowest BCUT2D eigenvalue weighted by atomic mass is 9.81. The van der Waals surface area contributed by atoms with Crippen LogP contribution in [0, 0.1) is 23.0 Å². The topological polar surface area (TPSA) is 170 Å². The molecule has 2 unspecified atom stereocenters. The van der Waals surface area contributed by atoms with Crippen molar-refractivity contribution in [1.29, 1.82) is 5.26 Å². The summed E-state index contributed by atoms with van der Waals surface area (Å²) in [4.78, 5) is 40.1. The van der Waals surface area contributed by atoms with Crippen molar-refractivity contribution in [3.05, 3.63) is 124 Å². The molecule has 0 radical (unpaired) electrons. The molecule has 16 heteroatoms. The van der Waals surface area contributed by atoms with E-state index in [9.17, 15) is 13.8 Å². The van der Waals surface area contributed by atoms with E-state index in [4.69, 9.17) is 29.5 Å². The first kappa shape index (κ1) is 33.7. The fraction of sp³-hybridized carbons (Fsp3) is 0.194. The minimum Gasteiger partial charge on any atom is -0.435 e. The molecule has 0 aliphatic heterocycles. The molecular weight excluding hydrogens is 655 g/mol. The number of carbonyl (C=O) groups is 1. The molecule has 2 N–H and O–H groups in total. The molecule has 2 aromatic heterocycles. The summed E-state index contributed by atoms with van der Waals surface area (Å²) in [6, 6.07) is 17.8. The van der Waals surface area contributed by atoms with E-state index in [0.717, 1.165) is 17.7 Å². The van der Waals surface area contributed by atoms with Gasteiger partial charge in [-0.1, -0.05) is 43.3 Å². The number of phosphoric acid groups is 1. The number of nitrogens with zero attached hydrogens (tertiary/aromatic N) is 5. The first-order chi connectivity index (χ1) is 22.5. The molecule has 12 nitrogen and oxygen atoms in total. The van der Waals surface area contributed by atoms with E-state index < -0.39 is 50.3 Å². The number of aromatic nitrogens is 4. The molecule has 47 heavy (non-hydrogen) atoms. The van der Waals surface area contributed by atoms with Crippen LogP contribution in [-0.4, -0.2) is 42.3 Å². The maximum atomic E-state index is 15.7. The van der Waals surface area contributed by atoms with Crippen molar-refractivity contribution in [1.82, 2.24) is 19.7 Å². The van der Waals surface area contributed by atoms with Gasteiger partial charge in [0.1, 0.15) is 29.9 Å². The number of carbonyl (C=O) groups excluding carboxylic acids is 1. The summed E-state index contributed by atoms with van der Waals surface area (Å²) < 4.78 is 58.7. The van der Waals surface area contributed by atoms with Gasteiger partial charge in [0, 0.05) is 28.5 Å². The normalized spacial score (nSPS) is 13.4. The van der Waals surface area contributed by atoms with Gasteiger partial charge in [-0.25, -0.2) is 32.8 Å². The number of nitriles is 1. The Morgan fingerprint density at radius 3 is 2.60 bits per heavy atom. The highest BCUT2D eigenvalue weighted by Crippen LogP contribution is 2.44. The maximum Gasteiger partial charge on any atom is 0.469 e. The number of benzene rings is 3. The number of rotatable bonds is 13. The summed E-state index contributed by atoms with van der Waals surface area (Å²) in [5.41, 5.74) is 0.153. The van der Waals surface area contributed by atoms with Crippen LogP contribution in [0.3, 0.4) is 0 Å². The molecule has 2 atom stereocenters. The quantitative estimate of drug-likeness (QED) is 0.0889. The van der Waals surface area contributed by atoms with Crippen LogP contribution in [0.1, 0.15) is 44.9 Å². The SMILES string of the molecule is CC(c1nc(-c2ccc(C#N)cc2)cs1)C(Cn1cncn1)(OCOC(=O)c1ccccc1COP(=O)(O)O)c1ccc(F)cc1F. The summed E-state index contributed by atoms with van der Waals surface area (Å²) in [5.74, 6) is -3.40. The molecule has 242 valence electrons. The average Bonchev–Trinajstić information content (AvgIpc) is 3.76. The minimum absolute atomic E-state index is 0.0422. The second kappa shape index (κ2) is 14.4. The zero-order valence-electron chi connectivity index (χ0n) is 24.6. The summed E-state index contributed by atoms with van der Waals surface area (Å²) in [7, 11) is -4.83. The standard InChI is InChI=1S/C31H26F2N5O7PS/c1-20(29-37-28(15-47-29)22-8-6-21(13-34)7-9-22)31(16-38-18-35-17-36-38,26-11-10-24(32)12-27(26)33)44-19-43-30(39)25-5-3-2-4-23(25)14-45-46(40,41)42/h2-12,15,17-18,20H,14,16,19H2,1H3,(H2,40,41,42). The Morgan fingerprint density at radius 1 is 1.15 bits per heavy atom. The minimum atomic E-state index is -4.83. The van der Waals surface area contributed by atoms with E-state index >= 15 is 4.39 Å². The molecule has 3 aromatic carbocycles. The van der Waals surface area contributed by atoms with Crippen molar-refractivity contribution in [2.75, 3.05) is 6.79 Å². The van der Waals surface area contributed by atoms with E-state index in [0.29, 0.717) is 16.3 Å². The Bertz CT molecular complexity index is 1950. The molecule has 5 rings (SSSR count). The summed E-state index contributed by atoms with van der Waals surface area (Å²) in [6.45, 7) is 0.275. The smallest absolute Gasteiger partial charge is 0.435 e. The Balaban J connectivity index is 1.50. The van der Waals surface area contributed by atoms with Gasteiger partial charge in [-0.3, -0.25) is 4.52 Å². The summed E-state index contributed by atoms with van der Waals surface area (Å²) in [6.07, 6.45) is 2.67. The molecule has 0 saturated carbocycles. The van der Waals surface area contributed by atoms with E-state index in [1.54, 1.807) is 42.6 Å². The number of esters is 1. The van der Waals surface area contributed by atoms with Crippen molar-refractivity contribution in [2.24, 2.45) is 0 Å². The fourth-order valence-electron chi connectivity index (χ4n) is 4.89. The lowest BCUT2D eigenvalue weighted by Crippen LogP contribution is -2.42. The van der Waals surface area contributed by atoms with E-state index in [1.807, 2.05) is 0 Å². The van der Waals surface area contributed by atoms with Crippen molar-refractivity contribution >= 4 is 25.1 Å². The number of hydrogen-bond acceptors (Lipinski definition) is 10. The van der Waals surface area contributed by atoms with Crippen LogP contribution in [0.25, 0.3) is 11.3 Å². The predicted octanol–water partition coefficient (Wildman–Crippen LogP) is 5.69. The van der Waals surface area contributed by atoms with E-state index in [2.05, 4.69) is 20.7 Å². The van der Waals surface area contributed by atoms with Gasteiger partial charge < -0.3 is 19.3 Å². The summed E-state index contributed by atoms with van der Waals surface area (Å²) >= 11 is 1.27. The highest BCUT2D eigenvalue weighted by molar-refractivity contribution is 7.46. The Hall–Kier alpha value is -4.68. The molecule has 0 aliphatic rings. The predicted molar refractivity (Wildman–Crippen MR) is 163 cm³/mol. The molecule has 0 fully saturated rings. The van der Waals surface area contributed by atoms with Gasteiger partial charge in [-0.2, -0.15) is 10.4 Å². The van der Waals surface area contributed by atoms with E-state index in [1.165, 1.54) is 52.9 Å². The largest absolute Gasteiger partial charge is 0.469 e. The zero-order chi connectivity index (χ0) is 33.6. The highest BCUT2D eigenvalue weighted by atomic mass is 32.1. The third-order valence-corrected chi connectivity index (χ3v) is 8.78. The van der Waals surface area contributed by atoms with Crippen molar-refractivity contribution in [3.8, 4) is 17.3 Å². The lowest BCUT2D eigenvalue weighted by molar-refractivity contribution is -0.148. The molecule has 0 amide bonds. The molecule has 0 spiro atoms. The number of halogens is 2. The monoisotopic (exact) mass is 681 g/mol. The number of hydrogen-bond donors (Lipinski definition) is 2. The van der Waals surface area contributed by atoms with Crippen molar-refractivity contribution in [3.63, 3.8) is 0 Å². The first-order valence-electron chi connectivity index (χ1n) is 13.8. The third kappa shape index (κ3) is 8.01. The summed E-state index contributed by atoms with van der Waals surface area (Å²) in [5, 5.41) is 15.6. The Labute approximate surface area is 271 Å². The van der Waals surface area contributed by atoms with Gasteiger partial charge in [-0.15, -0.1) is 11.3 Å². The zero-order valence-corrected chi connectivity index (χ0v) is 26.3. The molecular formula is C31H26F2N5O7PS. The molecule has 0 bridgehead atoms. The second-order valence-corrected chi connectivity index (χ2v) is 12.3. The average molecular weight is 682 g/mol. The molecule has 2 heterocycles.